The van der Waals surface area contributed by atoms with E-state index in [2.05, 4.69) is 57.0 Å². The van der Waals surface area contributed by atoms with Crippen LogP contribution < -0.4 is 15.5 Å². The molecule has 0 aliphatic carbocycles. The minimum absolute atomic E-state index is 0.478. The summed E-state index contributed by atoms with van der Waals surface area (Å²) in [6.07, 6.45) is -0.591. The van der Waals surface area contributed by atoms with E-state index in [0.29, 0.717) is 45.8 Å². The number of hydrogen-bond acceptors (Lipinski definition) is 9. The van der Waals surface area contributed by atoms with Gasteiger partial charge in [0.05, 0.1) is 47.9 Å². The molecule has 0 amide bonds. The standard InChI is InChI=1S/C32H35N7O3/c1-20-26(17-33)29(27(18-34)21(2)36-20)23-8-11-28-25(16-23)30(37-39(28)31(40)42-32(3,4)5)35-19-22-6-9-24(10-7-22)38-12-14-41-15-13-38/h6-11,16,29,36H,12-15,19H2,1-5H3,(H,35,37). The molecule has 1 aromatic heterocycles. The summed E-state index contributed by atoms with van der Waals surface area (Å²) in [6, 6.07) is 18.5. The molecule has 0 saturated carbocycles. The van der Waals surface area contributed by atoms with Gasteiger partial charge in [0, 0.05) is 42.1 Å². The first-order valence-electron chi connectivity index (χ1n) is 14.0. The number of aromatic nitrogens is 2. The summed E-state index contributed by atoms with van der Waals surface area (Å²) in [5.74, 6) is -0.0292. The van der Waals surface area contributed by atoms with Gasteiger partial charge in [0.1, 0.15) is 5.60 Å². The Balaban J connectivity index is 1.51. The lowest BCUT2D eigenvalue weighted by molar-refractivity contribution is 0.0523. The van der Waals surface area contributed by atoms with Gasteiger partial charge in [-0.3, -0.25) is 0 Å². The van der Waals surface area contributed by atoms with Crippen LogP contribution in [-0.2, 0) is 16.0 Å². The van der Waals surface area contributed by atoms with E-state index in [1.807, 2.05) is 46.8 Å². The average molecular weight is 566 g/mol. The normalized spacial score (nSPS) is 16.2. The van der Waals surface area contributed by atoms with E-state index in [-0.39, 0.29) is 0 Å². The van der Waals surface area contributed by atoms with Crippen molar-refractivity contribution in [2.24, 2.45) is 0 Å². The van der Waals surface area contributed by atoms with Gasteiger partial charge in [-0.15, -0.1) is 5.10 Å². The van der Waals surface area contributed by atoms with Gasteiger partial charge < -0.3 is 25.0 Å². The summed E-state index contributed by atoms with van der Waals surface area (Å²) in [4.78, 5) is 15.4. The number of nitrogens with zero attached hydrogens (tertiary/aromatic N) is 5. The Morgan fingerprint density at radius 3 is 2.31 bits per heavy atom. The molecule has 2 N–H and O–H groups in total. The third kappa shape index (κ3) is 5.81. The fraction of sp³-hybridized carbons (Fsp3) is 0.375. The Bertz CT molecular complexity index is 1620. The molecule has 2 aliphatic heterocycles. The average Bonchev–Trinajstić information content (AvgIpc) is 3.33. The SMILES string of the molecule is CC1=C(C#N)C(c2ccc3c(c2)c(NCc2ccc(N4CCOCC4)cc2)nn3C(=O)OC(C)(C)C)C(C#N)=C(C)N1. The number of allylic oxidation sites excluding steroid dienone is 4. The van der Waals surface area contributed by atoms with Crippen LogP contribution in [0.3, 0.4) is 0 Å². The van der Waals surface area contributed by atoms with Crippen molar-refractivity contribution in [3.63, 3.8) is 0 Å². The second-order valence-electron chi connectivity index (χ2n) is 11.5. The highest BCUT2D eigenvalue weighted by Crippen LogP contribution is 2.39. The molecule has 0 bridgehead atoms. The molecule has 2 aromatic carbocycles. The van der Waals surface area contributed by atoms with Crippen molar-refractivity contribution in [2.45, 2.75) is 52.7 Å². The smallest absolute Gasteiger partial charge is 0.435 e. The van der Waals surface area contributed by atoms with E-state index in [1.54, 1.807) is 6.07 Å². The van der Waals surface area contributed by atoms with Gasteiger partial charge in [-0.05, 0) is 70.0 Å². The summed E-state index contributed by atoms with van der Waals surface area (Å²) in [5, 5.41) is 31.8. The third-order valence-corrected chi connectivity index (χ3v) is 7.38. The monoisotopic (exact) mass is 565 g/mol. The van der Waals surface area contributed by atoms with Crippen LogP contribution in [0.15, 0.2) is 65.0 Å². The first-order valence-corrected chi connectivity index (χ1v) is 14.0. The zero-order valence-electron chi connectivity index (χ0n) is 24.6. The fourth-order valence-corrected chi connectivity index (χ4v) is 5.35. The number of fused-ring (bicyclic) bond motifs is 1. The summed E-state index contributed by atoms with van der Waals surface area (Å²) in [5.41, 5.74) is 5.21. The summed E-state index contributed by atoms with van der Waals surface area (Å²) >= 11 is 0. The second kappa shape index (κ2) is 11.6. The molecule has 1 fully saturated rings. The highest BCUT2D eigenvalue weighted by molar-refractivity contribution is 5.96. The summed E-state index contributed by atoms with van der Waals surface area (Å²) in [6.45, 7) is 12.8. The van der Waals surface area contributed by atoms with Gasteiger partial charge in [0.25, 0.3) is 0 Å². The highest BCUT2D eigenvalue weighted by Gasteiger charge is 2.30. The molecule has 216 valence electrons. The molecule has 3 heterocycles. The first-order chi connectivity index (χ1) is 20.1. The molecule has 0 unspecified atom stereocenters. The first kappa shape index (κ1) is 28.7. The topological polar surface area (TPSA) is 128 Å². The molecule has 10 heteroatoms. The molecule has 0 radical (unpaired) electrons. The molecular formula is C32H35N7O3. The van der Waals surface area contributed by atoms with Crippen LogP contribution in [0, 0.1) is 22.7 Å². The van der Waals surface area contributed by atoms with E-state index >= 15 is 0 Å². The van der Waals surface area contributed by atoms with Crippen molar-refractivity contribution in [3.8, 4) is 12.1 Å². The van der Waals surface area contributed by atoms with E-state index in [1.165, 1.54) is 4.68 Å². The Kier molecular flexibility index (Phi) is 7.93. The predicted octanol–water partition coefficient (Wildman–Crippen LogP) is 5.55. The van der Waals surface area contributed by atoms with Crippen LogP contribution in [0.2, 0.25) is 0 Å². The molecule has 42 heavy (non-hydrogen) atoms. The van der Waals surface area contributed by atoms with Crippen LogP contribution in [0.5, 0.6) is 0 Å². The van der Waals surface area contributed by atoms with Crippen LogP contribution in [-0.4, -0.2) is 47.8 Å². The number of nitriles is 2. The lowest BCUT2D eigenvalue weighted by Gasteiger charge is -2.28. The minimum atomic E-state index is -0.700. The third-order valence-electron chi connectivity index (χ3n) is 7.38. The largest absolute Gasteiger partial charge is 0.442 e. The molecule has 5 rings (SSSR count). The van der Waals surface area contributed by atoms with Crippen molar-refractivity contribution in [1.29, 1.82) is 10.5 Å². The molecule has 10 nitrogen and oxygen atoms in total. The number of anilines is 2. The number of rotatable bonds is 5. The summed E-state index contributed by atoms with van der Waals surface area (Å²) in [7, 11) is 0. The fourth-order valence-electron chi connectivity index (χ4n) is 5.35. The van der Waals surface area contributed by atoms with Gasteiger partial charge in [-0.2, -0.15) is 15.2 Å². The van der Waals surface area contributed by atoms with E-state index in [4.69, 9.17) is 9.47 Å². The zero-order valence-corrected chi connectivity index (χ0v) is 24.6. The van der Waals surface area contributed by atoms with E-state index < -0.39 is 17.6 Å². The molecule has 3 aromatic rings. The molecular weight excluding hydrogens is 530 g/mol. The Labute approximate surface area is 245 Å². The quantitative estimate of drug-likeness (QED) is 0.409. The van der Waals surface area contributed by atoms with Gasteiger partial charge in [-0.1, -0.05) is 18.2 Å². The number of dihydropyridines is 1. The number of carbonyl (C=O) groups excluding carboxylic acids is 1. The van der Waals surface area contributed by atoms with Gasteiger partial charge in [0.2, 0.25) is 0 Å². The van der Waals surface area contributed by atoms with Gasteiger partial charge in [-0.25, -0.2) is 4.79 Å². The number of nitrogens with one attached hydrogen (secondary N) is 2. The van der Waals surface area contributed by atoms with Crippen LogP contribution in [0.25, 0.3) is 10.9 Å². The number of hydrogen-bond donors (Lipinski definition) is 2. The maximum atomic E-state index is 13.1. The summed E-state index contributed by atoms with van der Waals surface area (Å²) < 4.78 is 12.4. The van der Waals surface area contributed by atoms with Crippen molar-refractivity contribution in [2.75, 3.05) is 36.5 Å². The lowest BCUT2D eigenvalue weighted by atomic mass is 9.81. The highest BCUT2D eigenvalue weighted by atomic mass is 16.6. The molecule has 2 aliphatic rings. The van der Waals surface area contributed by atoms with Crippen molar-refractivity contribution in [3.05, 3.63) is 76.1 Å². The Morgan fingerprint density at radius 1 is 1.07 bits per heavy atom. The van der Waals surface area contributed by atoms with Crippen LogP contribution >= 0.6 is 0 Å². The van der Waals surface area contributed by atoms with Crippen molar-refractivity contribution < 1.29 is 14.3 Å². The molecule has 0 atom stereocenters. The Morgan fingerprint density at radius 2 is 1.71 bits per heavy atom. The van der Waals surface area contributed by atoms with Gasteiger partial charge in [0.15, 0.2) is 5.82 Å². The number of ether oxygens (including phenoxy) is 2. The molecule has 0 spiro atoms. The molecule has 1 saturated heterocycles. The number of carbonyl (C=O) groups is 1. The minimum Gasteiger partial charge on any atom is -0.442 e. The van der Waals surface area contributed by atoms with Crippen LogP contribution in [0.4, 0.5) is 16.3 Å². The maximum Gasteiger partial charge on any atom is 0.435 e. The number of benzene rings is 2. The zero-order chi connectivity index (χ0) is 30.0. The van der Waals surface area contributed by atoms with Gasteiger partial charge >= 0.3 is 6.09 Å². The number of morpholine rings is 1. The van der Waals surface area contributed by atoms with Crippen molar-refractivity contribution in [1.82, 2.24) is 15.1 Å². The van der Waals surface area contributed by atoms with Crippen molar-refractivity contribution >= 4 is 28.5 Å². The Hall–Kier alpha value is -4.80. The second-order valence-corrected chi connectivity index (χ2v) is 11.5. The van der Waals surface area contributed by atoms with Crippen LogP contribution in [0.1, 0.15) is 51.7 Å². The maximum absolute atomic E-state index is 13.1. The lowest BCUT2D eigenvalue weighted by Crippen LogP contribution is -2.36. The van der Waals surface area contributed by atoms with E-state index in [9.17, 15) is 15.3 Å². The van der Waals surface area contributed by atoms with E-state index in [0.717, 1.165) is 43.1 Å². The predicted molar refractivity (Wildman–Crippen MR) is 161 cm³/mol.